The van der Waals surface area contributed by atoms with Gasteiger partial charge in [-0.1, -0.05) is 11.6 Å². The predicted octanol–water partition coefficient (Wildman–Crippen LogP) is 4.37. The van der Waals surface area contributed by atoms with Gasteiger partial charge in [-0.3, -0.25) is 0 Å². The fraction of sp³-hybridized carbons (Fsp3) is 0.211. The van der Waals surface area contributed by atoms with Gasteiger partial charge in [-0.2, -0.15) is 0 Å². The van der Waals surface area contributed by atoms with Gasteiger partial charge in [0.2, 0.25) is 0 Å². The van der Waals surface area contributed by atoms with Crippen molar-refractivity contribution in [3.8, 4) is 11.5 Å². The molecule has 3 aromatic rings. The normalized spacial score (nSPS) is 10.6. The molecule has 0 amide bonds. The Bertz CT molecular complexity index is 926. The molecule has 0 unspecified atom stereocenters. The lowest BCUT2D eigenvalue weighted by Crippen LogP contribution is -2.30. The first kappa shape index (κ1) is 18.4. The number of benzene rings is 2. The minimum absolute atomic E-state index is 0.523. The smallest absolute Gasteiger partial charge is 0.170 e. The van der Waals surface area contributed by atoms with Crippen molar-refractivity contribution in [3.63, 3.8) is 0 Å². The van der Waals surface area contributed by atoms with E-state index < -0.39 is 0 Å². The second-order valence-corrected chi connectivity index (χ2v) is 6.55. The van der Waals surface area contributed by atoms with Crippen molar-refractivity contribution in [1.29, 1.82) is 0 Å². The van der Waals surface area contributed by atoms with Crippen molar-refractivity contribution >= 4 is 45.5 Å². The molecular weight excluding hydrogens is 370 g/mol. The lowest BCUT2D eigenvalue weighted by molar-refractivity contribution is 0.405. The summed E-state index contributed by atoms with van der Waals surface area (Å²) in [7, 11) is 3.24. The maximum absolute atomic E-state index is 6.09. The van der Waals surface area contributed by atoms with E-state index >= 15 is 0 Å². The monoisotopic (exact) mass is 389 g/mol. The Kier molecular flexibility index (Phi) is 5.85. The molecule has 3 N–H and O–H groups in total. The molecule has 0 aliphatic heterocycles. The third kappa shape index (κ3) is 4.20. The Balaban J connectivity index is 1.60. The molecule has 1 heterocycles. The summed E-state index contributed by atoms with van der Waals surface area (Å²) < 4.78 is 10.6. The zero-order chi connectivity index (χ0) is 18.5. The zero-order valence-electron chi connectivity index (χ0n) is 14.6. The van der Waals surface area contributed by atoms with Gasteiger partial charge < -0.3 is 25.1 Å². The van der Waals surface area contributed by atoms with Crippen molar-refractivity contribution in [2.75, 3.05) is 26.1 Å². The number of halogens is 1. The molecule has 3 rings (SSSR count). The van der Waals surface area contributed by atoms with Gasteiger partial charge in [0.05, 0.1) is 19.9 Å². The molecule has 26 heavy (non-hydrogen) atoms. The Labute approximate surface area is 162 Å². The topological polar surface area (TPSA) is 58.3 Å². The summed E-state index contributed by atoms with van der Waals surface area (Å²) in [6, 6.07) is 11.3. The summed E-state index contributed by atoms with van der Waals surface area (Å²) in [6.45, 7) is 0.692. The molecular formula is C19H20ClN3O2S. The van der Waals surface area contributed by atoms with Crippen LogP contribution < -0.4 is 20.1 Å². The summed E-state index contributed by atoms with van der Waals surface area (Å²) in [5, 5.41) is 8.75. The van der Waals surface area contributed by atoms with E-state index in [1.807, 2.05) is 42.6 Å². The quantitative estimate of drug-likeness (QED) is 0.546. The minimum Gasteiger partial charge on any atom is -0.497 e. The van der Waals surface area contributed by atoms with Crippen molar-refractivity contribution in [2.24, 2.45) is 0 Å². The van der Waals surface area contributed by atoms with Crippen LogP contribution in [0, 0.1) is 0 Å². The molecule has 0 fully saturated rings. The number of thiocarbonyl (C=S) groups is 1. The number of ether oxygens (including phenoxy) is 2. The standard InChI is InChI=1S/C19H20ClN3O2S/c1-24-14-4-6-18(25-2)17(10-14)23-19(26)21-8-7-12-11-22-16-5-3-13(20)9-15(12)16/h3-6,9-11,22H,7-8H2,1-2H3,(H2,21,23,26). The average molecular weight is 390 g/mol. The minimum atomic E-state index is 0.523. The first-order valence-electron chi connectivity index (χ1n) is 8.13. The first-order valence-corrected chi connectivity index (χ1v) is 8.91. The van der Waals surface area contributed by atoms with Gasteiger partial charge in [0.15, 0.2) is 5.11 Å². The molecule has 0 atom stereocenters. The highest BCUT2D eigenvalue weighted by Crippen LogP contribution is 2.28. The molecule has 0 aliphatic carbocycles. The van der Waals surface area contributed by atoms with Gasteiger partial charge in [0.25, 0.3) is 0 Å². The number of rotatable bonds is 6. The molecule has 0 saturated heterocycles. The number of hydrogen-bond acceptors (Lipinski definition) is 3. The molecule has 0 saturated carbocycles. The van der Waals surface area contributed by atoms with Crippen molar-refractivity contribution in [2.45, 2.75) is 6.42 Å². The number of nitrogens with one attached hydrogen (secondary N) is 3. The number of anilines is 1. The van der Waals surface area contributed by atoms with Gasteiger partial charge in [0, 0.05) is 34.7 Å². The number of methoxy groups -OCH3 is 2. The maximum Gasteiger partial charge on any atom is 0.170 e. The van der Waals surface area contributed by atoms with Gasteiger partial charge in [-0.25, -0.2) is 0 Å². The van der Waals surface area contributed by atoms with E-state index in [4.69, 9.17) is 33.3 Å². The van der Waals surface area contributed by atoms with Crippen molar-refractivity contribution in [1.82, 2.24) is 10.3 Å². The van der Waals surface area contributed by atoms with Crippen LogP contribution in [0.1, 0.15) is 5.56 Å². The van der Waals surface area contributed by atoms with Crippen LogP contribution in [0.15, 0.2) is 42.6 Å². The molecule has 2 aromatic carbocycles. The van der Waals surface area contributed by atoms with E-state index in [0.29, 0.717) is 17.4 Å². The molecule has 7 heteroatoms. The van der Waals surface area contributed by atoms with Crippen molar-refractivity contribution < 1.29 is 9.47 Å². The summed E-state index contributed by atoms with van der Waals surface area (Å²) in [6.07, 6.45) is 2.82. The Morgan fingerprint density at radius 3 is 2.77 bits per heavy atom. The van der Waals surface area contributed by atoms with Crippen LogP contribution in [-0.2, 0) is 6.42 Å². The summed E-state index contributed by atoms with van der Waals surface area (Å²) in [5.41, 5.74) is 3.02. The van der Waals surface area contributed by atoms with Gasteiger partial charge in [0.1, 0.15) is 11.5 Å². The van der Waals surface area contributed by atoms with E-state index in [0.717, 1.165) is 33.8 Å². The van der Waals surface area contributed by atoms with E-state index in [1.54, 1.807) is 14.2 Å². The van der Waals surface area contributed by atoms with Gasteiger partial charge in [-0.05, 0) is 54.5 Å². The van der Waals surface area contributed by atoms with Crippen LogP contribution in [0.5, 0.6) is 11.5 Å². The highest BCUT2D eigenvalue weighted by molar-refractivity contribution is 7.80. The maximum atomic E-state index is 6.09. The lowest BCUT2D eigenvalue weighted by Gasteiger charge is -2.14. The third-order valence-corrected chi connectivity index (χ3v) is 4.55. The number of fused-ring (bicyclic) bond motifs is 1. The molecule has 0 radical (unpaired) electrons. The molecule has 5 nitrogen and oxygen atoms in total. The van der Waals surface area contributed by atoms with Crippen LogP contribution in [0.3, 0.4) is 0 Å². The van der Waals surface area contributed by atoms with Crippen molar-refractivity contribution in [3.05, 3.63) is 53.2 Å². The van der Waals surface area contributed by atoms with Crippen LogP contribution >= 0.6 is 23.8 Å². The van der Waals surface area contributed by atoms with E-state index in [-0.39, 0.29) is 0 Å². The van der Waals surface area contributed by atoms with Crippen LogP contribution in [-0.4, -0.2) is 30.9 Å². The highest BCUT2D eigenvalue weighted by atomic mass is 35.5. The van der Waals surface area contributed by atoms with Gasteiger partial charge >= 0.3 is 0 Å². The second kappa shape index (κ2) is 8.29. The first-order chi connectivity index (χ1) is 12.6. The lowest BCUT2D eigenvalue weighted by atomic mass is 10.1. The molecule has 0 bridgehead atoms. The van der Waals surface area contributed by atoms with Crippen LogP contribution in [0.4, 0.5) is 5.69 Å². The number of aromatic amines is 1. The molecule has 136 valence electrons. The highest BCUT2D eigenvalue weighted by Gasteiger charge is 2.08. The second-order valence-electron chi connectivity index (χ2n) is 5.70. The Hall–Kier alpha value is -2.44. The molecule has 0 aliphatic rings. The summed E-state index contributed by atoms with van der Waals surface area (Å²) in [5.74, 6) is 1.42. The number of hydrogen-bond donors (Lipinski definition) is 3. The van der Waals surface area contributed by atoms with Crippen LogP contribution in [0.2, 0.25) is 5.02 Å². The summed E-state index contributed by atoms with van der Waals surface area (Å²) >= 11 is 11.5. The largest absolute Gasteiger partial charge is 0.497 e. The van der Waals surface area contributed by atoms with Crippen LogP contribution in [0.25, 0.3) is 10.9 Å². The molecule has 1 aromatic heterocycles. The fourth-order valence-electron chi connectivity index (χ4n) is 2.75. The predicted molar refractivity (Wildman–Crippen MR) is 111 cm³/mol. The average Bonchev–Trinajstić information content (AvgIpc) is 3.03. The van der Waals surface area contributed by atoms with Gasteiger partial charge in [-0.15, -0.1) is 0 Å². The Morgan fingerprint density at radius 1 is 1.15 bits per heavy atom. The van der Waals surface area contributed by atoms with E-state index in [1.165, 1.54) is 5.56 Å². The SMILES string of the molecule is COc1ccc(OC)c(NC(=S)NCCc2c[nH]c3ccc(Cl)cc23)c1. The Morgan fingerprint density at radius 2 is 2.00 bits per heavy atom. The molecule has 0 spiro atoms. The van der Waals surface area contributed by atoms with E-state index in [9.17, 15) is 0 Å². The zero-order valence-corrected chi connectivity index (χ0v) is 16.1. The van der Waals surface area contributed by atoms with E-state index in [2.05, 4.69) is 15.6 Å². The number of aromatic nitrogens is 1. The fourth-order valence-corrected chi connectivity index (χ4v) is 3.13. The third-order valence-electron chi connectivity index (χ3n) is 4.06. The summed E-state index contributed by atoms with van der Waals surface area (Å²) in [4.78, 5) is 3.26. The number of H-pyrrole nitrogens is 1.